The van der Waals surface area contributed by atoms with Crippen LogP contribution in [0.3, 0.4) is 0 Å². The molecule has 0 bridgehead atoms. The molecule has 1 aromatic heterocycles. The minimum atomic E-state index is -5.30. The van der Waals surface area contributed by atoms with Gasteiger partial charge in [0.2, 0.25) is 0 Å². The highest BCUT2D eigenvalue weighted by Gasteiger charge is 2.40. The van der Waals surface area contributed by atoms with Crippen molar-refractivity contribution >= 4 is 17.7 Å². The largest absolute Gasteiger partial charge is 0.573 e. The van der Waals surface area contributed by atoms with E-state index in [-0.39, 0.29) is 5.69 Å². The van der Waals surface area contributed by atoms with Gasteiger partial charge in [-0.3, -0.25) is 4.79 Å². The number of rotatable bonds is 4. The van der Waals surface area contributed by atoms with Crippen LogP contribution in [-0.2, 0) is 4.79 Å². The van der Waals surface area contributed by atoms with E-state index < -0.39 is 41.5 Å². The van der Waals surface area contributed by atoms with Crippen molar-refractivity contribution in [3.05, 3.63) is 36.0 Å². The van der Waals surface area contributed by atoms with Gasteiger partial charge in [0.05, 0.1) is 11.9 Å². The number of halogens is 6. The molecule has 0 saturated carbocycles. The average Bonchev–Trinajstić information content (AvgIpc) is 2.89. The summed E-state index contributed by atoms with van der Waals surface area (Å²) in [5, 5.41) is 13.9. The molecule has 1 amide bonds. The lowest BCUT2D eigenvalue weighted by molar-refractivity contribution is -0.274. The first kappa shape index (κ1) is 19.1. The topological polar surface area (TPSA) is 93.4 Å². The highest BCUT2D eigenvalue weighted by atomic mass is 19.4. The molecule has 26 heavy (non-hydrogen) atoms. The monoisotopic (exact) mass is 383 g/mol. The van der Waals surface area contributed by atoms with E-state index in [1.807, 2.05) is 0 Å². The fourth-order valence-electron chi connectivity index (χ4n) is 1.79. The Labute approximate surface area is 139 Å². The minimum Gasteiger partial charge on any atom is -0.477 e. The molecule has 1 aromatic carbocycles. The number of carboxylic acid groups (broad SMARTS) is 1. The predicted octanol–water partition coefficient (Wildman–Crippen LogP) is 2.97. The molecule has 2 rings (SSSR count). The summed E-state index contributed by atoms with van der Waals surface area (Å²) in [6, 6.07) is 3.62. The second-order valence-electron chi connectivity index (χ2n) is 4.62. The summed E-state index contributed by atoms with van der Waals surface area (Å²) >= 11 is 0. The number of nitrogens with one attached hydrogen (secondary N) is 1. The smallest absolute Gasteiger partial charge is 0.477 e. The van der Waals surface area contributed by atoms with Crippen molar-refractivity contribution in [3.63, 3.8) is 0 Å². The first-order valence-electron chi connectivity index (χ1n) is 6.44. The number of carbonyl (C=O) groups excluding carboxylic acids is 1. The van der Waals surface area contributed by atoms with Crippen LogP contribution >= 0.6 is 0 Å². The van der Waals surface area contributed by atoms with E-state index >= 15 is 0 Å². The zero-order valence-electron chi connectivity index (χ0n) is 12.2. The van der Waals surface area contributed by atoms with Gasteiger partial charge in [-0.2, -0.15) is 18.3 Å². The van der Waals surface area contributed by atoms with Crippen molar-refractivity contribution in [1.82, 2.24) is 9.78 Å². The molecular formula is C13H7F6N3O4. The van der Waals surface area contributed by atoms with E-state index in [9.17, 15) is 35.9 Å². The van der Waals surface area contributed by atoms with Crippen LogP contribution in [0.2, 0.25) is 0 Å². The molecule has 0 saturated heterocycles. The van der Waals surface area contributed by atoms with Gasteiger partial charge in [0.15, 0.2) is 5.82 Å². The minimum absolute atomic E-state index is 0.121. The molecule has 13 heteroatoms. The number of nitrogens with zero attached hydrogens (tertiary/aromatic N) is 2. The maximum absolute atomic E-state index is 12.4. The molecule has 0 aliphatic carbocycles. The summed E-state index contributed by atoms with van der Waals surface area (Å²) in [6.07, 6.45) is -9.57. The number of aromatic carboxylic acids is 1. The molecule has 0 aliphatic heterocycles. The number of carbonyl (C=O) groups is 2. The Bertz CT molecular complexity index is 826. The van der Waals surface area contributed by atoms with Crippen molar-refractivity contribution < 1.29 is 45.8 Å². The van der Waals surface area contributed by atoms with Gasteiger partial charge < -0.3 is 15.2 Å². The van der Waals surface area contributed by atoms with Crippen molar-refractivity contribution in [3.8, 4) is 11.4 Å². The Morgan fingerprint density at radius 3 is 2.12 bits per heavy atom. The van der Waals surface area contributed by atoms with Crippen LogP contribution in [0.4, 0.5) is 32.2 Å². The summed E-state index contributed by atoms with van der Waals surface area (Å²) in [5.74, 6) is -5.55. The molecule has 0 spiro atoms. The van der Waals surface area contributed by atoms with Gasteiger partial charge in [-0.1, -0.05) is 0 Å². The van der Waals surface area contributed by atoms with Gasteiger partial charge >= 0.3 is 24.4 Å². The molecule has 2 aromatic rings. The number of hydrogen-bond donors (Lipinski definition) is 2. The summed E-state index contributed by atoms with van der Waals surface area (Å²) in [5.41, 5.74) is -0.872. The fourth-order valence-corrected chi connectivity index (χ4v) is 1.79. The van der Waals surface area contributed by atoms with E-state index in [1.54, 1.807) is 0 Å². The summed E-state index contributed by atoms with van der Waals surface area (Å²) in [4.78, 5) is 22.2. The quantitative estimate of drug-likeness (QED) is 0.792. The first-order chi connectivity index (χ1) is 11.9. The van der Waals surface area contributed by atoms with Crippen molar-refractivity contribution in [2.45, 2.75) is 12.5 Å². The molecule has 0 aliphatic rings. The van der Waals surface area contributed by atoms with E-state index in [1.165, 1.54) is 5.32 Å². The number of benzene rings is 1. The van der Waals surface area contributed by atoms with E-state index in [2.05, 4.69) is 9.84 Å². The third-order valence-corrected chi connectivity index (χ3v) is 2.80. The van der Waals surface area contributed by atoms with Crippen LogP contribution in [0.5, 0.6) is 5.75 Å². The second kappa shape index (κ2) is 6.57. The lowest BCUT2D eigenvalue weighted by atomic mass is 10.3. The number of ether oxygens (including phenoxy) is 1. The van der Waals surface area contributed by atoms with Crippen molar-refractivity contribution in [2.24, 2.45) is 0 Å². The normalized spacial score (nSPS) is 11.9. The van der Waals surface area contributed by atoms with Crippen LogP contribution < -0.4 is 10.1 Å². The van der Waals surface area contributed by atoms with Crippen LogP contribution in [-0.4, -0.2) is 39.3 Å². The van der Waals surface area contributed by atoms with Gasteiger partial charge in [0.1, 0.15) is 11.3 Å². The first-order valence-corrected chi connectivity index (χ1v) is 6.44. The molecule has 0 radical (unpaired) electrons. The molecule has 7 nitrogen and oxygen atoms in total. The van der Waals surface area contributed by atoms with Crippen LogP contribution in [0.1, 0.15) is 10.4 Å². The van der Waals surface area contributed by atoms with E-state index in [0.717, 1.165) is 24.3 Å². The Kier molecular flexibility index (Phi) is 4.82. The number of carboxylic acids is 1. The number of aromatic nitrogens is 2. The lowest BCUT2D eigenvalue weighted by Crippen LogP contribution is -2.31. The highest BCUT2D eigenvalue weighted by Crippen LogP contribution is 2.27. The molecule has 0 atom stereocenters. The molecule has 140 valence electrons. The van der Waals surface area contributed by atoms with Crippen LogP contribution in [0.15, 0.2) is 30.5 Å². The van der Waals surface area contributed by atoms with Gasteiger partial charge in [-0.05, 0) is 24.3 Å². The third kappa shape index (κ3) is 4.43. The van der Waals surface area contributed by atoms with Gasteiger partial charge in [0, 0.05) is 0 Å². The van der Waals surface area contributed by atoms with Gasteiger partial charge in [-0.15, -0.1) is 13.2 Å². The van der Waals surface area contributed by atoms with E-state index in [4.69, 9.17) is 5.11 Å². The van der Waals surface area contributed by atoms with Crippen molar-refractivity contribution in [2.75, 3.05) is 5.32 Å². The molecule has 0 fully saturated rings. The number of anilines is 1. The number of hydrogen-bond acceptors (Lipinski definition) is 4. The predicted molar refractivity (Wildman–Crippen MR) is 71.9 cm³/mol. The summed E-state index contributed by atoms with van der Waals surface area (Å²) in [6.45, 7) is 0. The van der Waals surface area contributed by atoms with Gasteiger partial charge in [0.25, 0.3) is 0 Å². The average molecular weight is 383 g/mol. The summed E-state index contributed by atoms with van der Waals surface area (Å²) < 4.78 is 77.8. The fraction of sp³-hybridized carbons (Fsp3) is 0.154. The highest BCUT2D eigenvalue weighted by molar-refractivity contribution is 6.01. The Balaban J connectivity index is 2.40. The Morgan fingerprint density at radius 2 is 1.65 bits per heavy atom. The molecule has 2 N–H and O–H groups in total. The Morgan fingerprint density at radius 1 is 1.08 bits per heavy atom. The third-order valence-electron chi connectivity index (χ3n) is 2.80. The number of amides is 1. The van der Waals surface area contributed by atoms with Gasteiger partial charge in [-0.25, -0.2) is 9.48 Å². The van der Waals surface area contributed by atoms with Crippen LogP contribution in [0, 0.1) is 0 Å². The zero-order valence-corrected chi connectivity index (χ0v) is 12.2. The SMILES string of the molecule is O=C(O)c1cnn(-c2ccc(OC(F)(F)F)cc2)c1NC(=O)C(F)(F)F. The Hall–Kier alpha value is -3.25. The van der Waals surface area contributed by atoms with E-state index in [0.29, 0.717) is 10.9 Å². The maximum Gasteiger partial charge on any atom is 0.573 e. The zero-order chi connectivity index (χ0) is 19.7. The number of alkyl halides is 6. The second-order valence-corrected chi connectivity index (χ2v) is 4.62. The molecule has 0 unspecified atom stereocenters. The maximum atomic E-state index is 12.4. The lowest BCUT2D eigenvalue weighted by Gasteiger charge is -2.12. The molecular weight excluding hydrogens is 376 g/mol. The summed E-state index contributed by atoms with van der Waals surface area (Å²) in [7, 11) is 0. The van der Waals surface area contributed by atoms with Crippen molar-refractivity contribution in [1.29, 1.82) is 0 Å². The molecule has 1 heterocycles. The standard InChI is InChI=1S/C13H7F6N3O4/c14-12(15,16)11(25)21-9-8(10(23)24)5-20-22(9)6-1-3-7(4-2-6)26-13(17,18)19/h1-5H,(H,21,25)(H,23,24). The van der Waals surface area contributed by atoms with Crippen LogP contribution in [0.25, 0.3) is 5.69 Å².